The maximum Gasteiger partial charge on any atom is -0.147 e. The molecule has 0 N–H and O–H groups in total. The molecule has 0 fully saturated rings. The molecule has 0 radical (unpaired) electrons. The van der Waals surface area contributed by atoms with Crippen molar-refractivity contribution in [2.75, 3.05) is 0 Å². The molecule has 0 spiro atoms. The smallest absolute Gasteiger partial charge is 0.147 e. The Morgan fingerprint density at radius 2 is 1.61 bits per heavy atom. The molecule has 1 aliphatic carbocycles. The molecule has 0 unspecified atom stereocenters. The van der Waals surface area contributed by atoms with Crippen molar-refractivity contribution in [3.63, 3.8) is 0 Å². The summed E-state index contributed by atoms with van der Waals surface area (Å²) in [4.78, 5) is 0. The largest absolute Gasteiger partial charge is 0.147 e. The van der Waals surface area contributed by atoms with Gasteiger partial charge in [0.25, 0.3) is 0 Å². The summed E-state index contributed by atoms with van der Waals surface area (Å²) in [6.07, 6.45) is 1.13. The molecule has 2 aromatic rings. The summed E-state index contributed by atoms with van der Waals surface area (Å²) in [5.74, 6) is 0. The van der Waals surface area contributed by atoms with Crippen molar-refractivity contribution >= 4 is 28.1 Å². The Bertz CT molecular complexity index is 591. The number of hydrogen-bond donors (Lipinski definition) is 0. The minimum Gasteiger partial charge on any atom is -0.147 e. The number of hydrogen-bond acceptors (Lipinski definition) is 0. The van der Waals surface area contributed by atoms with Crippen LogP contribution in [-0.4, -0.2) is 0 Å². The number of fused-ring (bicyclic) bond motifs is 3. The van der Waals surface area contributed by atoms with Gasteiger partial charge in [-0.15, -0.1) is 24.8 Å². The first-order chi connectivity index (χ1) is 7.66. The molecule has 0 saturated heterocycles. The van der Waals surface area contributed by atoms with Crippen LogP contribution in [0.2, 0.25) is 0 Å². The summed E-state index contributed by atoms with van der Waals surface area (Å²) >= 11 is 1.54. The minimum absolute atomic E-state index is 0. The summed E-state index contributed by atoms with van der Waals surface area (Å²) < 4.78 is 1.55. The quantitative estimate of drug-likeness (QED) is 0.573. The second-order valence-corrected chi connectivity index (χ2v) is 5.85. The van der Waals surface area contributed by atoms with Crippen LogP contribution >= 0.6 is 24.8 Å². The SMILES string of the molecule is Cc1ccc2c(c1)Cc1c-2ccc(C)[c]1[Zr].Cl.Cl. The van der Waals surface area contributed by atoms with E-state index in [0.717, 1.165) is 6.42 Å². The average Bonchev–Trinajstić information content (AvgIpc) is 2.62. The maximum absolute atomic E-state index is 2.33. The number of rotatable bonds is 0. The van der Waals surface area contributed by atoms with Gasteiger partial charge in [0.1, 0.15) is 0 Å². The Morgan fingerprint density at radius 1 is 0.944 bits per heavy atom. The summed E-state index contributed by atoms with van der Waals surface area (Å²) in [5, 5.41) is 0. The monoisotopic (exact) mass is 355 g/mol. The van der Waals surface area contributed by atoms with Crippen LogP contribution in [0.15, 0.2) is 30.3 Å². The average molecular weight is 357 g/mol. The first kappa shape index (κ1) is 16.0. The van der Waals surface area contributed by atoms with Crippen LogP contribution in [0.5, 0.6) is 0 Å². The fourth-order valence-corrected chi connectivity index (χ4v) is 3.28. The van der Waals surface area contributed by atoms with Gasteiger partial charge in [0.2, 0.25) is 0 Å². The molecule has 0 amide bonds. The predicted octanol–water partition coefficient (Wildman–Crippen LogP) is 3.89. The molecule has 3 rings (SSSR count). The van der Waals surface area contributed by atoms with Crippen molar-refractivity contribution in [2.45, 2.75) is 20.3 Å². The van der Waals surface area contributed by atoms with Crippen LogP contribution in [0.1, 0.15) is 22.3 Å². The predicted molar refractivity (Wildman–Crippen MR) is 78.3 cm³/mol. The standard InChI is InChI=1S/C15H13.2ClH.Zr/c1-10-3-5-14-12(7-10)9-13-8-11(2)4-6-15(13)14;;;/h3-7H,9H2,1-2H3;2*1H;. The summed E-state index contributed by atoms with van der Waals surface area (Å²) in [5.41, 5.74) is 8.80. The second-order valence-electron chi connectivity index (χ2n) is 4.62. The number of halogens is 2. The van der Waals surface area contributed by atoms with Gasteiger partial charge in [0.05, 0.1) is 0 Å². The third kappa shape index (κ3) is 2.46. The fourth-order valence-electron chi connectivity index (χ4n) is 2.52. The van der Waals surface area contributed by atoms with E-state index in [-0.39, 0.29) is 24.8 Å². The fraction of sp³-hybridized carbons (Fsp3) is 0.200. The van der Waals surface area contributed by atoms with Gasteiger partial charge in [-0.1, -0.05) is 0 Å². The van der Waals surface area contributed by atoms with E-state index in [2.05, 4.69) is 44.2 Å². The summed E-state index contributed by atoms with van der Waals surface area (Å²) in [6, 6.07) is 11.4. The summed E-state index contributed by atoms with van der Waals surface area (Å²) in [6.45, 7) is 4.39. The topological polar surface area (TPSA) is 0 Å². The normalized spacial score (nSPS) is 10.9. The van der Waals surface area contributed by atoms with E-state index >= 15 is 0 Å². The summed E-state index contributed by atoms with van der Waals surface area (Å²) in [7, 11) is 0. The molecular weight excluding hydrogens is 342 g/mol. The molecule has 0 nitrogen and oxygen atoms in total. The molecule has 0 aromatic heterocycles. The van der Waals surface area contributed by atoms with E-state index < -0.39 is 0 Å². The van der Waals surface area contributed by atoms with Gasteiger partial charge in [0, 0.05) is 0 Å². The maximum atomic E-state index is 2.33. The van der Waals surface area contributed by atoms with Crippen LogP contribution in [-0.2, 0) is 31.1 Å². The number of benzene rings is 2. The molecular formula is C15H15Cl2Zr. The zero-order valence-corrected chi connectivity index (χ0v) is 14.5. The van der Waals surface area contributed by atoms with Crippen molar-refractivity contribution in [2.24, 2.45) is 0 Å². The Morgan fingerprint density at radius 3 is 2.33 bits per heavy atom. The van der Waals surface area contributed by atoms with Gasteiger partial charge in [-0.25, -0.2) is 0 Å². The van der Waals surface area contributed by atoms with Gasteiger partial charge in [-0.2, -0.15) is 0 Å². The molecule has 0 saturated carbocycles. The Hall–Kier alpha value is -0.0969. The molecule has 3 heteroatoms. The molecule has 18 heavy (non-hydrogen) atoms. The van der Waals surface area contributed by atoms with Crippen molar-refractivity contribution in [3.05, 3.63) is 52.6 Å². The van der Waals surface area contributed by atoms with Crippen molar-refractivity contribution in [3.8, 4) is 11.1 Å². The zero-order chi connectivity index (χ0) is 11.3. The Balaban J connectivity index is 0.000000810. The van der Waals surface area contributed by atoms with E-state index in [0.29, 0.717) is 0 Å². The molecule has 0 heterocycles. The molecule has 2 aromatic carbocycles. The van der Waals surface area contributed by atoms with Crippen LogP contribution in [0.3, 0.4) is 0 Å². The van der Waals surface area contributed by atoms with Gasteiger partial charge >= 0.3 is 112 Å². The van der Waals surface area contributed by atoms with Crippen molar-refractivity contribution in [1.29, 1.82) is 0 Å². The number of aryl methyl sites for hydroxylation is 2. The third-order valence-corrected chi connectivity index (χ3v) is 5.15. The van der Waals surface area contributed by atoms with Crippen LogP contribution in [0.4, 0.5) is 0 Å². The van der Waals surface area contributed by atoms with E-state index in [1.807, 2.05) is 0 Å². The first-order valence-electron chi connectivity index (χ1n) is 5.61. The van der Waals surface area contributed by atoms with Gasteiger partial charge in [-0.3, -0.25) is 0 Å². The van der Waals surface area contributed by atoms with Crippen LogP contribution in [0.25, 0.3) is 11.1 Å². The Kier molecular flexibility index (Phi) is 5.24. The third-order valence-electron chi connectivity index (χ3n) is 3.44. The minimum atomic E-state index is 0. The molecule has 93 valence electrons. The van der Waals surface area contributed by atoms with E-state index in [4.69, 9.17) is 0 Å². The van der Waals surface area contributed by atoms with Gasteiger partial charge in [0.15, 0.2) is 0 Å². The first-order valence-corrected chi connectivity index (χ1v) is 6.83. The van der Waals surface area contributed by atoms with E-state index in [1.165, 1.54) is 52.5 Å². The second kappa shape index (κ2) is 5.91. The molecule has 0 atom stereocenters. The van der Waals surface area contributed by atoms with Crippen molar-refractivity contribution < 1.29 is 24.7 Å². The van der Waals surface area contributed by atoms with Crippen LogP contribution < -0.4 is 3.27 Å². The van der Waals surface area contributed by atoms with E-state index in [9.17, 15) is 0 Å². The van der Waals surface area contributed by atoms with Crippen LogP contribution in [0, 0.1) is 13.8 Å². The molecule has 1 aliphatic rings. The van der Waals surface area contributed by atoms with Crippen molar-refractivity contribution in [1.82, 2.24) is 0 Å². The Labute approximate surface area is 136 Å². The van der Waals surface area contributed by atoms with Gasteiger partial charge < -0.3 is 0 Å². The molecule has 0 aliphatic heterocycles. The van der Waals surface area contributed by atoms with Gasteiger partial charge in [-0.05, 0) is 0 Å². The van der Waals surface area contributed by atoms with E-state index in [1.54, 1.807) is 8.83 Å². The zero-order valence-electron chi connectivity index (χ0n) is 10.4. The molecule has 0 bridgehead atoms.